The van der Waals surface area contributed by atoms with Crippen molar-refractivity contribution in [3.05, 3.63) is 33.8 Å². The molecule has 0 heterocycles. The zero-order valence-electron chi connectivity index (χ0n) is 9.93. The van der Waals surface area contributed by atoms with Gasteiger partial charge in [-0.15, -0.1) is 0 Å². The molecule has 0 saturated heterocycles. The molecule has 0 aliphatic heterocycles. The van der Waals surface area contributed by atoms with Crippen LogP contribution in [0.5, 0.6) is 0 Å². The summed E-state index contributed by atoms with van der Waals surface area (Å²) in [6.07, 6.45) is 8.55. The standard InChI is InChI=1S/C15H19Br/c1-15(12-5-3-2-4-6-12)10-11-7-8-13(16)9-14(11)15/h7-9,12H,2-6,10H2,1H3. The number of halogens is 1. The molecule has 86 valence electrons. The molecule has 2 aliphatic rings. The van der Waals surface area contributed by atoms with E-state index in [2.05, 4.69) is 41.1 Å². The molecule has 1 aromatic rings. The van der Waals surface area contributed by atoms with Crippen molar-refractivity contribution in [2.45, 2.75) is 50.9 Å². The van der Waals surface area contributed by atoms with Crippen molar-refractivity contribution in [2.24, 2.45) is 5.92 Å². The topological polar surface area (TPSA) is 0 Å². The highest BCUT2D eigenvalue weighted by molar-refractivity contribution is 9.10. The molecule has 0 radical (unpaired) electrons. The average Bonchev–Trinajstić information content (AvgIpc) is 2.31. The van der Waals surface area contributed by atoms with E-state index in [9.17, 15) is 0 Å². The van der Waals surface area contributed by atoms with Crippen molar-refractivity contribution in [2.75, 3.05) is 0 Å². The van der Waals surface area contributed by atoms with E-state index in [0.717, 1.165) is 5.92 Å². The summed E-state index contributed by atoms with van der Waals surface area (Å²) in [5, 5.41) is 0. The molecular weight excluding hydrogens is 260 g/mol. The minimum Gasteiger partial charge on any atom is -0.0576 e. The van der Waals surface area contributed by atoms with E-state index in [1.54, 1.807) is 11.1 Å². The van der Waals surface area contributed by atoms with Gasteiger partial charge in [0.05, 0.1) is 0 Å². The highest BCUT2D eigenvalue weighted by atomic mass is 79.9. The largest absolute Gasteiger partial charge is 0.0576 e. The van der Waals surface area contributed by atoms with E-state index < -0.39 is 0 Å². The molecule has 0 aromatic heterocycles. The maximum absolute atomic E-state index is 3.61. The van der Waals surface area contributed by atoms with Gasteiger partial charge in [-0.3, -0.25) is 0 Å². The Balaban J connectivity index is 1.90. The lowest BCUT2D eigenvalue weighted by Gasteiger charge is -2.48. The van der Waals surface area contributed by atoms with Crippen LogP contribution < -0.4 is 0 Å². The van der Waals surface area contributed by atoms with E-state index in [0.29, 0.717) is 5.41 Å². The van der Waals surface area contributed by atoms with E-state index in [1.807, 2.05) is 0 Å². The summed E-state index contributed by atoms with van der Waals surface area (Å²) < 4.78 is 1.24. The van der Waals surface area contributed by atoms with Crippen LogP contribution in [0.2, 0.25) is 0 Å². The van der Waals surface area contributed by atoms with E-state index >= 15 is 0 Å². The minimum atomic E-state index is 0.486. The lowest BCUT2D eigenvalue weighted by atomic mass is 9.56. The zero-order chi connectivity index (χ0) is 11.2. The quantitative estimate of drug-likeness (QED) is 0.689. The van der Waals surface area contributed by atoms with Gasteiger partial charge in [0.2, 0.25) is 0 Å². The van der Waals surface area contributed by atoms with Gasteiger partial charge in [-0.05, 0) is 53.9 Å². The Hall–Kier alpha value is -0.300. The first kappa shape index (κ1) is 10.8. The number of rotatable bonds is 1. The molecule has 0 N–H and O–H groups in total. The van der Waals surface area contributed by atoms with E-state index in [1.165, 1.54) is 43.0 Å². The molecule has 0 nitrogen and oxygen atoms in total. The van der Waals surface area contributed by atoms with Crippen LogP contribution in [0.4, 0.5) is 0 Å². The molecule has 1 atom stereocenters. The zero-order valence-corrected chi connectivity index (χ0v) is 11.5. The second-order valence-corrected chi connectivity index (χ2v) is 6.65. The summed E-state index contributed by atoms with van der Waals surface area (Å²) in [5.74, 6) is 0.933. The second kappa shape index (κ2) is 3.87. The monoisotopic (exact) mass is 278 g/mol. The molecule has 1 heteroatoms. The Morgan fingerprint density at radius 3 is 2.69 bits per heavy atom. The van der Waals surface area contributed by atoms with Crippen molar-refractivity contribution in [1.82, 2.24) is 0 Å². The van der Waals surface area contributed by atoms with Crippen molar-refractivity contribution in [3.8, 4) is 0 Å². The molecule has 1 aromatic carbocycles. The summed E-state index contributed by atoms with van der Waals surface area (Å²) in [6, 6.07) is 6.83. The SMILES string of the molecule is CC1(C2CCCCC2)Cc2ccc(Br)cc21. The summed E-state index contributed by atoms with van der Waals surface area (Å²) in [5.41, 5.74) is 3.68. The van der Waals surface area contributed by atoms with Gasteiger partial charge in [-0.2, -0.15) is 0 Å². The Morgan fingerprint density at radius 2 is 1.94 bits per heavy atom. The Bertz CT molecular complexity index is 404. The van der Waals surface area contributed by atoms with Crippen LogP contribution in [0.3, 0.4) is 0 Å². The molecule has 2 aliphatic carbocycles. The number of hydrogen-bond donors (Lipinski definition) is 0. The van der Waals surface area contributed by atoms with Gasteiger partial charge < -0.3 is 0 Å². The van der Waals surface area contributed by atoms with Crippen LogP contribution in [0.25, 0.3) is 0 Å². The number of benzene rings is 1. The third-order valence-corrected chi connectivity index (χ3v) is 5.24. The third-order valence-electron chi connectivity index (χ3n) is 4.75. The van der Waals surface area contributed by atoms with Gasteiger partial charge in [0.1, 0.15) is 0 Å². The molecule has 1 fully saturated rings. The van der Waals surface area contributed by atoms with Gasteiger partial charge in [0.15, 0.2) is 0 Å². The van der Waals surface area contributed by atoms with Crippen LogP contribution >= 0.6 is 15.9 Å². The van der Waals surface area contributed by atoms with Crippen LogP contribution in [-0.4, -0.2) is 0 Å². The normalized spacial score (nSPS) is 29.6. The van der Waals surface area contributed by atoms with Gasteiger partial charge >= 0.3 is 0 Å². The molecule has 0 amide bonds. The fourth-order valence-corrected chi connectivity index (χ4v) is 4.08. The van der Waals surface area contributed by atoms with E-state index in [-0.39, 0.29) is 0 Å². The van der Waals surface area contributed by atoms with Gasteiger partial charge in [0.25, 0.3) is 0 Å². The second-order valence-electron chi connectivity index (χ2n) is 5.73. The average molecular weight is 279 g/mol. The highest BCUT2D eigenvalue weighted by Gasteiger charge is 2.44. The molecule has 0 spiro atoms. The van der Waals surface area contributed by atoms with Crippen molar-refractivity contribution in [3.63, 3.8) is 0 Å². The van der Waals surface area contributed by atoms with Gasteiger partial charge in [0, 0.05) is 4.47 Å². The van der Waals surface area contributed by atoms with Gasteiger partial charge in [-0.25, -0.2) is 0 Å². The Kier molecular flexibility index (Phi) is 2.62. The van der Waals surface area contributed by atoms with Gasteiger partial charge in [-0.1, -0.05) is 48.2 Å². The van der Waals surface area contributed by atoms with Crippen LogP contribution in [0, 0.1) is 5.92 Å². The molecule has 0 bridgehead atoms. The van der Waals surface area contributed by atoms with Crippen LogP contribution in [0.1, 0.15) is 50.2 Å². The predicted molar refractivity (Wildman–Crippen MR) is 71.8 cm³/mol. The van der Waals surface area contributed by atoms with Crippen molar-refractivity contribution >= 4 is 15.9 Å². The summed E-state index contributed by atoms with van der Waals surface area (Å²) in [7, 11) is 0. The Morgan fingerprint density at radius 1 is 1.19 bits per heavy atom. The van der Waals surface area contributed by atoms with Crippen molar-refractivity contribution in [1.29, 1.82) is 0 Å². The fourth-order valence-electron chi connectivity index (χ4n) is 3.72. The first-order valence-electron chi connectivity index (χ1n) is 6.49. The van der Waals surface area contributed by atoms with Crippen molar-refractivity contribution < 1.29 is 0 Å². The maximum Gasteiger partial charge on any atom is 0.0178 e. The summed E-state index contributed by atoms with van der Waals surface area (Å²) in [6.45, 7) is 2.48. The van der Waals surface area contributed by atoms with Crippen LogP contribution in [0.15, 0.2) is 22.7 Å². The molecular formula is C15H19Br. The first-order chi connectivity index (χ1) is 7.70. The molecule has 1 unspecified atom stereocenters. The number of hydrogen-bond acceptors (Lipinski definition) is 0. The lowest BCUT2D eigenvalue weighted by Crippen LogP contribution is -2.43. The smallest absolute Gasteiger partial charge is 0.0178 e. The first-order valence-corrected chi connectivity index (χ1v) is 7.28. The third kappa shape index (κ3) is 1.55. The molecule has 16 heavy (non-hydrogen) atoms. The van der Waals surface area contributed by atoms with E-state index in [4.69, 9.17) is 0 Å². The fraction of sp³-hybridized carbons (Fsp3) is 0.600. The molecule has 3 rings (SSSR count). The minimum absolute atomic E-state index is 0.486. The highest BCUT2D eigenvalue weighted by Crippen LogP contribution is 2.51. The molecule has 1 saturated carbocycles. The lowest BCUT2D eigenvalue weighted by molar-refractivity contribution is 0.192. The number of fused-ring (bicyclic) bond motifs is 1. The summed E-state index contributed by atoms with van der Waals surface area (Å²) in [4.78, 5) is 0. The summed E-state index contributed by atoms with van der Waals surface area (Å²) >= 11 is 3.61. The predicted octanol–water partition coefficient (Wildman–Crippen LogP) is 4.84. The van der Waals surface area contributed by atoms with Crippen LogP contribution in [-0.2, 0) is 11.8 Å². The maximum atomic E-state index is 3.61. The Labute approximate surface area is 107 Å².